The van der Waals surface area contributed by atoms with Gasteiger partial charge in [0.2, 0.25) is 0 Å². The number of anilines is 1. The van der Waals surface area contributed by atoms with E-state index in [0.717, 1.165) is 38.9 Å². The van der Waals surface area contributed by atoms with Crippen molar-refractivity contribution in [1.29, 1.82) is 0 Å². The van der Waals surface area contributed by atoms with E-state index < -0.39 is 0 Å². The Bertz CT molecular complexity index is 1650. The van der Waals surface area contributed by atoms with Gasteiger partial charge in [-0.2, -0.15) is 5.10 Å². The van der Waals surface area contributed by atoms with Crippen molar-refractivity contribution in [3.63, 3.8) is 0 Å². The number of nitrogens with zero attached hydrogens (tertiary/aromatic N) is 6. The maximum absolute atomic E-state index is 13.4. The van der Waals surface area contributed by atoms with Crippen molar-refractivity contribution >= 4 is 27.6 Å². The third-order valence-corrected chi connectivity index (χ3v) is 5.73. The average Bonchev–Trinajstić information content (AvgIpc) is 3.48. The van der Waals surface area contributed by atoms with Crippen LogP contribution in [0, 0.1) is 5.82 Å². The quantitative estimate of drug-likeness (QED) is 0.399. The summed E-state index contributed by atoms with van der Waals surface area (Å²) < 4.78 is 13.4. The zero-order valence-electron chi connectivity index (χ0n) is 18.4. The van der Waals surface area contributed by atoms with E-state index in [4.69, 9.17) is 4.98 Å². The Morgan fingerprint density at radius 1 is 0.853 bits per heavy atom. The summed E-state index contributed by atoms with van der Waals surface area (Å²) >= 11 is 0. The van der Waals surface area contributed by atoms with Crippen LogP contribution in [0.2, 0.25) is 0 Å². The number of rotatable bonds is 4. The zero-order valence-corrected chi connectivity index (χ0v) is 18.4. The van der Waals surface area contributed by atoms with Crippen molar-refractivity contribution in [2.75, 3.05) is 19.0 Å². The molecule has 0 radical (unpaired) electrons. The van der Waals surface area contributed by atoms with E-state index >= 15 is 0 Å². The van der Waals surface area contributed by atoms with Gasteiger partial charge in [0, 0.05) is 43.0 Å². The first-order valence-corrected chi connectivity index (χ1v) is 10.6. The third kappa shape index (κ3) is 3.34. The second-order valence-corrected chi connectivity index (χ2v) is 8.16. The highest BCUT2D eigenvalue weighted by Gasteiger charge is 2.17. The Hall–Kier alpha value is -4.66. The van der Waals surface area contributed by atoms with Crippen LogP contribution in [0.3, 0.4) is 0 Å². The number of aromatic amines is 2. The van der Waals surface area contributed by atoms with Gasteiger partial charge in [-0.05, 0) is 42.5 Å². The number of aromatic nitrogens is 7. The Morgan fingerprint density at radius 3 is 2.53 bits per heavy atom. The molecule has 34 heavy (non-hydrogen) atoms. The van der Waals surface area contributed by atoms with Crippen molar-refractivity contribution in [3.8, 4) is 34.0 Å². The summed E-state index contributed by atoms with van der Waals surface area (Å²) in [5, 5.41) is 8.43. The van der Waals surface area contributed by atoms with Crippen molar-refractivity contribution in [3.05, 3.63) is 73.1 Å². The van der Waals surface area contributed by atoms with Gasteiger partial charge in [-0.25, -0.2) is 9.37 Å². The molecular formula is C25H19FN8. The Labute approximate surface area is 193 Å². The van der Waals surface area contributed by atoms with Gasteiger partial charge in [0.15, 0.2) is 5.82 Å². The number of nitrogens with one attached hydrogen (secondary N) is 2. The molecule has 0 spiro atoms. The molecule has 6 rings (SSSR count). The van der Waals surface area contributed by atoms with Gasteiger partial charge >= 0.3 is 0 Å². The topological polar surface area (TPSA) is 99.3 Å². The monoisotopic (exact) mass is 450 g/mol. The van der Waals surface area contributed by atoms with Crippen LogP contribution >= 0.6 is 0 Å². The molecule has 0 aliphatic rings. The lowest BCUT2D eigenvalue weighted by molar-refractivity contribution is 0.628. The highest BCUT2D eigenvalue weighted by atomic mass is 19.1. The fraction of sp³-hybridized carbons (Fsp3) is 0.0800. The zero-order chi connectivity index (χ0) is 23.2. The van der Waals surface area contributed by atoms with Gasteiger partial charge in [-0.1, -0.05) is 0 Å². The molecule has 0 bridgehead atoms. The minimum absolute atomic E-state index is 0.294. The van der Waals surface area contributed by atoms with Crippen LogP contribution in [-0.2, 0) is 0 Å². The molecule has 0 amide bonds. The van der Waals surface area contributed by atoms with E-state index in [0.29, 0.717) is 22.7 Å². The maximum atomic E-state index is 13.4. The van der Waals surface area contributed by atoms with Crippen LogP contribution in [0.5, 0.6) is 0 Å². The molecule has 2 N–H and O–H groups in total. The smallest absolute Gasteiger partial charge is 0.159 e. The number of fused-ring (bicyclic) bond motifs is 2. The molecule has 0 aliphatic heterocycles. The van der Waals surface area contributed by atoms with Crippen molar-refractivity contribution in [2.45, 2.75) is 0 Å². The lowest BCUT2D eigenvalue weighted by Crippen LogP contribution is -2.08. The highest BCUT2D eigenvalue weighted by molar-refractivity contribution is 5.96. The SMILES string of the molecule is CN(C)c1cncc(-c2cc3c(-c4nc5c(-c6ccc(F)cc6)nccc5[nH]4)n[nH]c3cn2)c1. The summed E-state index contributed by atoms with van der Waals surface area (Å²) in [4.78, 5) is 23.6. The lowest BCUT2D eigenvalue weighted by atomic mass is 10.1. The number of halogens is 1. The molecule has 1 aromatic carbocycles. The molecule has 8 nitrogen and oxygen atoms in total. The molecule has 6 aromatic rings. The second kappa shape index (κ2) is 7.73. The molecule has 0 fully saturated rings. The first-order chi connectivity index (χ1) is 16.6. The number of imidazole rings is 1. The maximum Gasteiger partial charge on any atom is 0.159 e. The Balaban J connectivity index is 1.47. The summed E-state index contributed by atoms with van der Waals surface area (Å²) in [6, 6.07) is 12.1. The Morgan fingerprint density at radius 2 is 1.71 bits per heavy atom. The average molecular weight is 450 g/mol. The van der Waals surface area contributed by atoms with Gasteiger partial charge in [-0.3, -0.25) is 20.1 Å². The molecule has 9 heteroatoms. The summed E-state index contributed by atoms with van der Waals surface area (Å²) in [5.74, 6) is 0.312. The number of hydrogen-bond acceptors (Lipinski definition) is 6. The first kappa shape index (κ1) is 20.0. The molecule has 0 unspecified atom stereocenters. The van der Waals surface area contributed by atoms with E-state index in [1.807, 2.05) is 43.4 Å². The third-order valence-electron chi connectivity index (χ3n) is 5.73. The predicted molar refractivity (Wildman–Crippen MR) is 130 cm³/mol. The summed E-state index contributed by atoms with van der Waals surface area (Å²) in [7, 11) is 3.95. The molecule has 166 valence electrons. The van der Waals surface area contributed by atoms with Gasteiger partial charge in [0.1, 0.15) is 17.0 Å². The number of benzene rings is 1. The molecule has 0 saturated carbocycles. The molecule has 0 atom stereocenters. The van der Waals surface area contributed by atoms with Crippen LogP contribution in [-0.4, -0.2) is 49.2 Å². The summed E-state index contributed by atoms with van der Waals surface area (Å²) in [5.41, 5.74) is 7.14. The van der Waals surface area contributed by atoms with E-state index in [1.165, 1.54) is 12.1 Å². The van der Waals surface area contributed by atoms with Crippen molar-refractivity contribution in [1.82, 2.24) is 35.1 Å². The van der Waals surface area contributed by atoms with Gasteiger partial charge in [0.25, 0.3) is 0 Å². The molecule has 0 aliphatic carbocycles. The van der Waals surface area contributed by atoms with E-state index in [2.05, 4.69) is 30.1 Å². The standard InChI is InChI=1S/C25H19FN8/c1-34(2)17-9-15(11-27-12-17)20-10-18-21(13-29-20)32-33-23(18)25-30-19-7-8-28-22(24(19)31-25)14-3-5-16(26)6-4-14/h3-13H,1-2H3,(H,30,31)(H,32,33). The van der Waals surface area contributed by atoms with E-state index in [9.17, 15) is 4.39 Å². The van der Waals surface area contributed by atoms with Crippen LogP contribution in [0.15, 0.2) is 67.3 Å². The predicted octanol–water partition coefficient (Wildman–Crippen LogP) is 4.83. The normalized spacial score (nSPS) is 11.4. The van der Waals surface area contributed by atoms with Gasteiger partial charge in [-0.15, -0.1) is 0 Å². The molecular weight excluding hydrogens is 431 g/mol. The lowest BCUT2D eigenvalue weighted by Gasteiger charge is -2.12. The van der Waals surface area contributed by atoms with Crippen LogP contribution < -0.4 is 4.90 Å². The van der Waals surface area contributed by atoms with Crippen molar-refractivity contribution in [2.24, 2.45) is 0 Å². The molecule has 5 heterocycles. The number of hydrogen-bond donors (Lipinski definition) is 2. The van der Waals surface area contributed by atoms with Crippen LogP contribution in [0.25, 0.3) is 56.0 Å². The van der Waals surface area contributed by atoms with Crippen LogP contribution in [0.4, 0.5) is 10.1 Å². The van der Waals surface area contributed by atoms with E-state index in [1.54, 1.807) is 30.7 Å². The first-order valence-electron chi connectivity index (χ1n) is 10.6. The minimum atomic E-state index is -0.294. The van der Waals surface area contributed by atoms with E-state index in [-0.39, 0.29) is 5.82 Å². The number of H-pyrrole nitrogens is 2. The minimum Gasteiger partial charge on any atom is -0.376 e. The highest BCUT2D eigenvalue weighted by Crippen LogP contribution is 2.32. The Kier molecular flexibility index (Phi) is 4.54. The fourth-order valence-electron chi connectivity index (χ4n) is 3.93. The van der Waals surface area contributed by atoms with Crippen LogP contribution in [0.1, 0.15) is 0 Å². The summed E-state index contributed by atoms with van der Waals surface area (Å²) in [6.45, 7) is 0. The van der Waals surface area contributed by atoms with Gasteiger partial charge in [0.05, 0.1) is 40.5 Å². The van der Waals surface area contributed by atoms with Gasteiger partial charge < -0.3 is 9.88 Å². The fourth-order valence-corrected chi connectivity index (χ4v) is 3.93. The number of pyridine rings is 3. The van der Waals surface area contributed by atoms with Crippen molar-refractivity contribution < 1.29 is 4.39 Å². The summed E-state index contributed by atoms with van der Waals surface area (Å²) in [6.07, 6.45) is 7.07. The molecule has 0 saturated heterocycles. The second-order valence-electron chi connectivity index (χ2n) is 8.16. The largest absolute Gasteiger partial charge is 0.376 e. The molecule has 5 aromatic heterocycles.